The van der Waals surface area contributed by atoms with E-state index in [2.05, 4.69) is 22.8 Å². The Morgan fingerprint density at radius 3 is 2.81 bits per heavy atom. The maximum absolute atomic E-state index is 12.2. The van der Waals surface area contributed by atoms with Crippen LogP contribution in [-0.2, 0) is 16.1 Å². The van der Waals surface area contributed by atoms with Crippen LogP contribution in [0.15, 0.2) is 24.3 Å². The average molecular weight is 287 g/mol. The van der Waals surface area contributed by atoms with Gasteiger partial charge in [-0.05, 0) is 37.9 Å². The summed E-state index contributed by atoms with van der Waals surface area (Å²) in [5.41, 5.74) is 1.78. The highest BCUT2D eigenvalue weighted by Gasteiger charge is 2.44. The molecule has 0 aliphatic carbocycles. The molecule has 112 valence electrons. The molecule has 0 radical (unpaired) electrons. The zero-order valence-electron chi connectivity index (χ0n) is 12.5. The fourth-order valence-corrected chi connectivity index (χ4v) is 3.26. The average Bonchev–Trinajstić information content (AvgIpc) is 2.65. The standard InChI is InChI=1S/C16H21N3O2/c1-16(2)15(21)18-14(20)10-19(16)13-7-8-17-9-11-5-3-4-6-12(11)13/h3-6,13,17H,7-10H2,1-2H3,(H,18,20,21). The zero-order valence-corrected chi connectivity index (χ0v) is 12.5. The van der Waals surface area contributed by atoms with Crippen LogP contribution >= 0.6 is 0 Å². The van der Waals surface area contributed by atoms with Gasteiger partial charge in [-0.25, -0.2) is 0 Å². The Labute approximate surface area is 124 Å². The van der Waals surface area contributed by atoms with Crippen molar-refractivity contribution < 1.29 is 9.59 Å². The lowest BCUT2D eigenvalue weighted by atomic mass is 9.90. The first kappa shape index (κ1) is 14.2. The number of hydrogen-bond acceptors (Lipinski definition) is 4. The highest BCUT2D eigenvalue weighted by molar-refractivity contribution is 6.03. The highest BCUT2D eigenvalue weighted by Crippen LogP contribution is 2.35. The maximum Gasteiger partial charge on any atom is 0.246 e. The number of benzene rings is 1. The third-order valence-electron chi connectivity index (χ3n) is 4.54. The summed E-state index contributed by atoms with van der Waals surface area (Å²) < 4.78 is 0. The van der Waals surface area contributed by atoms with Crippen LogP contribution in [0.1, 0.15) is 37.4 Å². The van der Waals surface area contributed by atoms with Gasteiger partial charge in [-0.1, -0.05) is 24.3 Å². The molecule has 5 heteroatoms. The van der Waals surface area contributed by atoms with Gasteiger partial charge in [-0.3, -0.25) is 19.8 Å². The maximum atomic E-state index is 12.2. The van der Waals surface area contributed by atoms with Crippen molar-refractivity contribution in [2.75, 3.05) is 13.1 Å². The molecule has 21 heavy (non-hydrogen) atoms. The lowest BCUT2D eigenvalue weighted by molar-refractivity contribution is -0.147. The number of carbonyl (C=O) groups is 2. The number of carbonyl (C=O) groups excluding carboxylic acids is 2. The Kier molecular flexibility index (Phi) is 3.55. The SMILES string of the molecule is CC1(C)C(=O)NC(=O)CN1C1CCNCc2ccccc21. The molecule has 1 aromatic rings. The lowest BCUT2D eigenvalue weighted by Crippen LogP contribution is -2.64. The highest BCUT2D eigenvalue weighted by atomic mass is 16.2. The van der Waals surface area contributed by atoms with E-state index < -0.39 is 5.54 Å². The number of imide groups is 1. The number of amides is 2. The molecule has 5 nitrogen and oxygen atoms in total. The quantitative estimate of drug-likeness (QED) is 0.755. The number of piperazine rings is 1. The largest absolute Gasteiger partial charge is 0.313 e. The summed E-state index contributed by atoms with van der Waals surface area (Å²) in [5, 5.41) is 5.85. The minimum absolute atomic E-state index is 0.0844. The fraction of sp³-hybridized carbons (Fsp3) is 0.500. The summed E-state index contributed by atoms with van der Waals surface area (Å²) in [7, 11) is 0. The molecular formula is C16H21N3O2. The van der Waals surface area contributed by atoms with Crippen molar-refractivity contribution >= 4 is 11.8 Å². The summed E-state index contributed by atoms with van der Waals surface area (Å²) >= 11 is 0. The molecular weight excluding hydrogens is 266 g/mol. The van der Waals surface area contributed by atoms with E-state index >= 15 is 0 Å². The molecule has 1 atom stereocenters. The minimum atomic E-state index is -0.684. The summed E-state index contributed by atoms with van der Waals surface area (Å²) in [6.07, 6.45) is 0.890. The van der Waals surface area contributed by atoms with E-state index in [0.717, 1.165) is 19.5 Å². The molecule has 2 N–H and O–H groups in total. The van der Waals surface area contributed by atoms with Gasteiger partial charge in [-0.2, -0.15) is 0 Å². The molecule has 0 aromatic heterocycles. The Morgan fingerprint density at radius 1 is 1.24 bits per heavy atom. The molecule has 0 bridgehead atoms. The van der Waals surface area contributed by atoms with Crippen molar-refractivity contribution in [1.29, 1.82) is 0 Å². The minimum Gasteiger partial charge on any atom is -0.313 e. The van der Waals surface area contributed by atoms with Crippen LogP contribution in [0.5, 0.6) is 0 Å². The van der Waals surface area contributed by atoms with E-state index in [1.54, 1.807) is 0 Å². The van der Waals surface area contributed by atoms with Crippen LogP contribution in [0.3, 0.4) is 0 Å². The van der Waals surface area contributed by atoms with Gasteiger partial charge in [0.25, 0.3) is 0 Å². The molecule has 1 unspecified atom stereocenters. The molecule has 1 fully saturated rings. The van der Waals surface area contributed by atoms with Crippen molar-refractivity contribution in [2.24, 2.45) is 0 Å². The smallest absolute Gasteiger partial charge is 0.246 e. The Morgan fingerprint density at radius 2 is 2.00 bits per heavy atom. The first-order valence-electron chi connectivity index (χ1n) is 7.39. The second-order valence-electron chi connectivity index (χ2n) is 6.24. The Hall–Kier alpha value is -1.72. The number of rotatable bonds is 1. The van der Waals surface area contributed by atoms with E-state index in [1.807, 2.05) is 30.9 Å². The van der Waals surface area contributed by atoms with Gasteiger partial charge in [0.05, 0.1) is 12.1 Å². The first-order chi connectivity index (χ1) is 10.00. The van der Waals surface area contributed by atoms with Crippen LogP contribution in [0.4, 0.5) is 0 Å². The van der Waals surface area contributed by atoms with E-state index in [-0.39, 0.29) is 24.4 Å². The second-order valence-corrected chi connectivity index (χ2v) is 6.24. The summed E-state index contributed by atoms with van der Waals surface area (Å²) in [5.74, 6) is -0.428. The third kappa shape index (κ3) is 2.47. The van der Waals surface area contributed by atoms with Gasteiger partial charge in [-0.15, -0.1) is 0 Å². The number of nitrogens with zero attached hydrogens (tertiary/aromatic N) is 1. The number of hydrogen-bond donors (Lipinski definition) is 2. The molecule has 3 rings (SSSR count). The molecule has 0 spiro atoms. The van der Waals surface area contributed by atoms with Gasteiger partial charge in [0.15, 0.2) is 0 Å². The van der Waals surface area contributed by atoms with Gasteiger partial charge in [0, 0.05) is 12.6 Å². The van der Waals surface area contributed by atoms with E-state index in [0.29, 0.717) is 0 Å². The molecule has 1 saturated heterocycles. The Bertz CT molecular complexity index is 583. The zero-order chi connectivity index (χ0) is 15.0. The molecule has 2 aliphatic rings. The molecule has 2 aliphatic heterocycles. The van der Waals surface area contributed by atoms with E-state index in [1.165, 1.54) is 11.1 Å². The summed E-state index contributed by atoms with van der Waals surface area (Å²) in [4.78, 5) is 26.1. The third-order valence-corrected chi connectivity index (χ3v) is 4.54. The van der Waals surface area contributed by atoms with Crippen molar-refractivity contribution in [3.05, 3.63) is 35.4 Å². The first-order valence-corrected chi connectivity index (χ1v) is 7.39. The van der Waals surface area contributed by atoms with E-state index in [4.69, 9.17) is 0 Å². The molecule has 2 heterocycles. The summed E-state index contributed by atoms with van der Waals surface area (Å²) in [6, 6.07) is 8.36. The van der Waals surface area contributed by atoms with Crippen molar-refractivity contribution in [3.63, 3.8) is 0 Å². The fourth-order valence-electron chi connectivity index (χ4n) is 3.26. The predicted octanol–water partition coefficient (Wildman–Crippen LogP) is 0.958. The predicted molar refractivity (Wildman–Crippen MR) is 79.4 cm³/mol. The number of nitrogens with one attached hydrogen (secondary N) is 2. The Balaban J connectivity index is 2.02. The van der Waals surface area contributed by atoms with Gasteiger partial charge >= 0.3 is 0 Å². The normalized spacial score (nSPS) is 25.9. The second kappa shape index (κ2) is 5.24. The van der Waals surface area contributed by atoms with Gasteiger partial charge in [0.1, 0.15) is 0 Å². The lowest BCUT2D eigenvalue weighted by Gasteiger charge is -2.45. The monoisotopic (exact) mass is 287 g/mol. The topological polar surface area (TPSA) is 61.4 Å². The van der Waals surface area contributed by atoms with Crippen LogP contribution in [-0.4, -0.2) is 35.3 Å². The molecule has 0 saturated carbocycles. The molecule has 2 amide bonds. The van der Waals surface area contributed by atoms with Crippen molar-refractivity contribution in [1.82, 2.24) is 15.5 Å². The number of fused-ring (bicyclic) bond motifs is 1. The van der Waals surface area contributed by atoms with Gasteiger partial charge in [0.2, 0.25) is 11.8 Å². The van der Waals surface area contributed by atoms with Crippen LogP contribution < -0.4 is 10.6 Å². The van der Waals surface area contributed by atoms with Crippen molar-refractivity contribution in [3.8, 4) is 0 Å². The summed E-state index contributed by atoms with van der Waals surface area (Å²) in [6.45, 7) is 5.74. The van der Waals surface area contributed by atoms with Crippen molar-refractivity contribution in [2.45, 2.75) is 38.4 Å². The van der Waals surface area contributed by atoms with Crippen LogP contribution in [0, 0.1) is 0 Å². The van der Waals surface area contributed by atoms with Gasteiger partial charge < -0.3 is 5.32 Å². The van der Waals surface area contributed by atoms with Crippen LogP contribution in [0.2, 0.25) is 0 Å². The van der Waals surface area contributed by atoms with E-state index in [9.17, 15) is 9.59 Å². The van der Waals surface area contributed by atoms with Crippen LogP contribution in [0.25, 0.3) is 0 Å². The molecule has 1 aromatic carbocycles.